The molecule has 0 radical (unpaired) electrons. The number of pyridine rings is 1. The number of carbonyl (C=O) groups is 3. The van der Waals surface area contributed by atoms with Gasteiger partial charge in [-0.3, -0.25) is 14.4 Å². The molecule has 1 aromatic carbocycles. The fraction of sp³-hybridized carbons (Fsp3) is 0.385. The molecular weight excluding hydrogens is 448 g/mol. The summed E-state index contributed by atoms with van der Waals surface area (Å²) >= 11 is 0. The van der Waals surface area contributed by atoms with E-state index in [1.807, 2.05) is 40.7 Å². The number of ketones is 1. The monoisotopic (exact) mass is 483 g/mol. The van der Waals surface area contributed by atoms with Gasteiger partial charge in [-0.05, 0) is 19.1 Å². The lowest BCUT2D eigenvalue weighted by Gasteiger charge is -2.39. The molecule has 2 aromatic heterocycles. The molecule has 1 atom stereocenters. The first-order chi connectivity index (χ1) is 16.9. The Morgan fingerprint density at radius 2 is 1.71 bits per heavy atom. The van der Waals surface area contributed by atoms with Crippen LogP contribution in [0.15, 0.2) is 48.8 Å². The number of carbonyl (C=O) groups excluding carboxylic acids is 3. The largest absolute Gasteiger partial charge is 0.496 e. The van der Waals surface area contributed by atoms with Crippen LogP contribution in [-0.2, 0) is 4.79 Å². The molecule has 188 valence electrons. The van der Waals surface area contributed by atoms with E-state index in [-0.39, 0.29) is 29.7 Å². The molecule has 3 aromatic rings. The van der Waals surface area contributed by atoms with Crippen molar-refractivity contribution in [1.29, 1.82) is 0 Å². The summed E-state index contributed by atoms with van der Waals surface area (Å²) in [5, 5.41) is 10.3. The number of aromatic nitrogens is 2. The number of amides is 2. The van der Waals surface area contributed by atoms with Crippen LogP contribution in [0.2, 0.25) is 0 Å². The summed E-state index contributed by atoms with van der Waals surface area (Å²) < 4.78 is 6.12. The number of benzene rings is 1. The van der Waals surface area contributed by atoms with Gasteiger partial charge < -0.3 is 19.7 Å². The van der Waals surface area contributed by atoms with Crippen molar-refractivity contribution in [1.82, 2.24) is 14.8 Å². The average molecular weight is 484 g/mol. The maximum absolute atomic E-state index is 13.0. The van der Waals surface area contributed by atoms with Gasteiger partial charge in [0.15, 0.2) is 0 Å². The average Bonchev–Trinajstić information content (AvgIpc) is 3.37. The predicted octanol–water partition coefficient (Wildman–Crippen LogP) is 3.31. The van der Waals surface area contributed by atoms with Gasteiger partial charge >= 0.3 is 5.65 Å². The fourth-order valence-corrected chi connectivity index (χ4v) is 3.94. The van der Waals surface area contributed by atoms with Gasteiger partial charge in [-0.2, -0.15) is 0 Å². The summed E-state index contributed by atoms with van der Waals surface area (Å²) in [6, 6.07) is 10.2. The number of hydrogen-bond donors (Lipinski definition) is 2. The molecular formula is C26H35N4O5+. The number of aromatic amines is 1. The van der Waals surface area contributed by atoms with Gasteiger partial charge in [-0.15, -0.1) is 0 Å². The van der Waals surface area contributed by atoms with Gasteiger partial charge in [0, 0.05) is 37.3 Å². The second-order valence-corrected chi connectivity index (χ2v) is 7.45. The first-order valence-electron chi connectivity index (χ1n) is 11.9. The van der Waals surface area contributed by atoms with Crippen molar-refractivity contribution in [2.75, 3.05) is 26.7 Å². The summed E-state index contributed by atoms with van der Waals surface area (Å²) in [5.41, 5.74) is 0.964. The molecule has 1 saturated heterocycles. The molecule has 0 unspecified atom stereocenters. The lowest BCUT2D eigenvalue weighted by molar-refractivity contribution is -0.885. The van der Waals surface area contributed by atoms with E-state index in [0.717, 1.165) is 4.73 Å². The van der Waals surface area contributed by atoms with Crippen LogP contribution in [-0.4, -0.2) is 70.4 Å². The van der Waals surface area contributed by atoms with Crippen LogP contribution in [0.1, 0.15) is 55.3 Å². The van der Waals surface area contributed by atoms with Crippen LogP contribution in [0.25, 0.3) is 11.0 Å². The fourth-order valence-electron chi connectivity index (χ4n) is 3.94. The van der Waals surface area contributed by atoms with E-state index >= 15 is 0 Å². The molecule has 1 aliphatic heterocycles. The van der Waals surface area contributed by atoms with E-state index in [1.165, 1.54) is 30.5 Å². The third-order valence-corrected chi connectivity index (χ3v) is 5.56. The Kier molecular flexibility index (Phi) is 9.81. The van der Waals surface area contributed by atoms with E-state index in [9.17, 15) is 19.6 Å². The standard InChI is InChI=1S/C22H22N4O5.2C2H6/c1-14-13-24(21(28)15-6-4-3-5-7-15)10-11-25(14)22(29)19(27)16-12-23-20-18(16)17(31-2)8-9-26(20)30;2*1-2/h3-9,12,14,30H,10-11,13H2,1-2H3;2*1-2H3/p+1/t14-;;/m1../s1. The molecule has 4 rings (SSSR count). The number of Topliss-reactive ketones (excluding diaryl/α,β-unsaturated/α-hetero) is 1. The summed E-state index contributed by atoms with van der Waals surface area (Å²) in [6.07, 6.45) is 2.76. The van der Waals surface area contributed by atoms with E-state index in [4.69, 9.17) is 4.74 Å². The molecule has 0 saturated carbocycles. The van der Waals surface area contributed by atoms with Gasteiger partial charge in [0.05, 0.1) is 12.7 Å². The van der Waals surface area contributed by atoms with Gasteiger partial charge in [-0.25, -0.2) is 4.98 Å². The number of piperazine rings is 1. The Hall–Kier alpha value is -3.88. The Labute approximate surface area is 205 Å². The molecule has 0 bridgehead atoms. The van der Waals surface area contributed by atoms with Crippen molar-refractivity contribution in [3.8, 4) is 5.75 Å². The summed E-state index contributed by atoms with van der Waals surface area (Å²) in [6.45, 7) is 10.7. The van der Waals surface area contributed by atoms with Crippen molar-refractivity contribution < 1.29 is 29.1 Å². The zero-order valence-electron chi connectivity index (χ0n) is 21.2. The molecule has 3 heterocycles. The number of nitrogens with one attached hydrogen (secondary N) is 1. The Morgan fingerprint density at radius 3 is 2.31 bits per heavy atom. The Balaban J connectivity index is 0.00000103. The van der Waals surface area contributed by atoms with Crippen molar-refractivity contribution in [3.63, 3.8) is 0 Å². The highest BCUT2D eigenvalue weighted by molar-refractivity contribution is 6.45. The van der Waals surface area contributed by atoms with Crippen LogP contribution in [0.3, 0.4) is 0 Å². The lowest BCUT2D eigenvalue weighted by Crippen LogP contribution is -2.56. The number of H-pyrrole nitrogens is 1. The highest BCUT2D eigenvalue weighted by atomic mass is 16.5. The number of fused-ring (bicyclic) bond motifs is 1. The highest BCUT2D eigenvalue weighted by Crippen LogP contribution is 2.27. The minimum atomic E-state index is -0.703. The highest BCUT2D eigenvalue weighted by Gasteiger charge is 2.35. The van der Waals surface area contributed by atoms with Crippen molar-refractivity contribution in [2.24, 2.45) is 0 Å². The van der Waals surface area contributed by atoms with Crippen molar-refractivity contribution >= 4 is 28.6 Å². The normalized spacial score (nSPS) is 14.9. The van der Waals surface area contributed by atoms with Crippen LogP contribution in [0.4, 0.5) is 0 Å². The zero-order chi connectivity index (χ0) is 26.1. The lowest BCUT2D eigenvalue weighted by atomic mass is 10.1. The number of ether oxygens (including phenoxy) is 1. The Morgan fingerprint density at radius 1 is 1.06 bits per heavy atom. The molecule has 2 amide bonds. The van der Waals surface area contributed by atoms with Crippen LogP contribution in [0.5, 0.6) is 5.75 Å². The SMILES string of the molecule is CC.CC.COc1cc[n+](O)c2[nH]cc(C(=O)C(=O)N3CCN(C(=O)c4ccccc4)C[C@H]3C)c12. The topological polar surface area (TPSA) is 107 Å². The molecule has 35 heavy (non-hydrogen) atoms. The predicted molar refractivity (Wildman–Crippen MR) is 133 cm³/mol. The quantitative estimate of drug-likeness (QED) is 0.256. The number of methoxy groups -OCH3 is 1. The maximum atomic E-state index is 13.0. The van der Waals surface area contributed by atoms with Crippen LogP contribution >= 0.6 is 0 Å². The van der Waals surface area contributed by atoms with Crippen LogP contribution < -0.4 is 9.47 Å². The van der Waals surface area contributed by atoms with Gasteiger partial charge in [-0.1, -0.05) is 50.6 Å². The van der Waals surface area contributed by atoms with Gasteiger partial charge in [0.25, 0.3) is 17.6 Å². The minimum absolute atomic E-state index is 0.0975. The summed E-state index contributed by atoms with van der Waals surface area (Å²) in [4.78, 5) is 44.8. The second kappa shape index (κ2) is 12.5. The smallest absolute Gasteiger partial charge is 0.330 e. The van der Waals surface area contributed by atoms with E-state index in [1.54, 1.807) is 29.2 Å². The first-order valence-corrected chi connectivity index (χ1v) is 11.9. The summed E-state index contributed by atoms with van der Waals surface area (Å²) in [5.74, 6) is -1.09. The minimum Gasteiger partial charge on any atom is -0.496 e. The first kappa shape index (κ1) is 27.4. The maximum Gasteiger partial charge on any atom is 0.330 e. The molecule has 0 aliphatic carbocycles. The van der Waals surface area contributed by atoms with E-state index in [2.05, 4.69) is 4.98 Å². The third kappa shape index (κ3) is 5.62. The van der Waals surface area contributed by atoms with Gasteiger partial charge in [0.2, 0.25) is 0 Å². The molecule has 0 spiro atoms. The van der Waals surface area contributed by atoms with Crippen molar-refractivity contribution in [2.45, 2.75) is 40.7 Å². The summed E-state index contributed by atoms with van der Waals surface area (Å²) in [7, 11) is 1.45. The number of rotatable bonds is 4. The van der Waals surface area contributed by atoms with E-state index in [0.29, 0.717) is 29.8 Å². The van der Waals surface area contributed by atoms with E-state index < -0.39 is 11.7 Å². The molecule has 2 N–H and O–H groups in total. The molecule has 1 fully saturated rings. The van der Waals surface area contributed by atoms with Gasteiger partial charge in [0.1, 0.15) is 23.5 Å². The van der Waals surface area contributed by atoms with Crippen LogP contribution in [0, 0.1) is 0 Å². The zero-order valence-corrected chi connectivity index (χ0v) is 21.2. The molecule has 9 nitrogen and oxygen atoms in total. The second-order valence-electron chi connectivity index (χ2n) is 7.45. The third-order valence-electron chi connectivity index (χ3n) is 5.56. The van der Waals surface area contributed by atoms with Crippen molar-refractivity contribution in [3.05, 3.63) is 59.9 Å². The molecule has 9 heteroatoms. The number of hydrogen-bond acceptors (Lipinski definition) is 5. The Bertz CT molecular complexity index is 1160. The molecule has 1 aliphatic rings. The number of nitrogens with zero attached hydrogens (tertiary/aromatic N) is 3.